The maximum Gasteiger partial charge on any atom is 0.124 e. The molecule has 1 heterocycles. The highest BCUT2D eigenvalue weighted by Gasteiger charge is 2.23. The van der Waals surface area contributed by atoms with E-state index in [4.69, 9.17) is 16.3 Å². The molecule has 1 fully saturated rings. The van der Waals surface area contributed by atoms with E-state index in [-0.39, 0.29) is 0 Å². The van der Waals surface area contributed by atoms with Crippen LogP contribution in [0, 0.1) is 5.92 Å². The van der Waals surface area contributed by atoms with Crippen molar-refractivity contribution in [3.8, 4) is 5.75 Å². The molecule has 1 N–H and O–H groups in total. The lowest BCUT2D eigenvalue weighted by Crippen LogP contribution is -2.30. The molecule has 20 heavy (non-hydrogen) atoms. The van der Waals surface area contributed by atoms with Crippen molar-refractivity contribution in [2.75, 3.05) is 26.7 Å². The number of likely N-dealkylation sites (tertiary alicyclic amines) is 1. The fraction of sp³-hybridized carbons (Fsp3) is 0.625. The molecule has 0 amide bonds. The van der Waals surface area contributed by atoms with Gasteiger partial charge in [-0.1, -0.05) is 31.5 Å². The molecule has 0 saturated carbocycles. The average molecular weight is 297 g/mol. The van der Waals surface area contributed by atoms with Crippen LogP contribution in [0.1, 0.15) is 25.8 Å². The van der Waals surface area contributed by atoms with Gasteiger partial charge in [-0.3, -0.25) is 4.90 Å². The summed E-state index contributed by atoms with van der Waals surface area (Å²) in [6, 6.07) is 6.42. The van der Waals surface area contributed by atoms with Crippen molar-refractivity contribution < 1.29 is 4.74 Å². The van der Waals surface area contributed by atoms with Crippen LogP contribution in [-0.4, -0.2) is 37.7 Å². The Morgan fingerprint density at radius 3 is 2.95 bits per heavy atom. The highest BCUT2D eigenvalue weighted by Crippen LogP contribution is 2.29. The van der Waals surface area contributed by atoms with Crippen molar-refractivity contribution in [3.63, 3.8) is 0 Å². The van der Waals surface area contributed by atoms with Gasteiger partial charge in [-0.05, 0) is 37.6 Å². The SMILES string of the molecule is COc1cccc(Cl)c1CN1CCC(CNC(C)C)C1. The van der Waals surface area contributed by atoms with Gasteiger partial charge in [-0.25, -0.2) is 0 Å². The smallest absolute Gasteiger partial charge is 0.124 e. The maximum absolute atomic E-state index is 6.31. The molecule has 1 unspecified atom stereocenters. The summed E-state index contributed by atoms with van der Waals surface area (Å²) in [5, 5.41) is 4.33. The van der Waals surface area contributed by atoms with Crippen molar-refractivity contribution >= 4 is 11.6 Å². The number of nitrogens with zero attached hydrogens (tertiary/aromatic N) is 1. The molecular weight excluding hydrogens is 272 g/mol. The summed E-state index contributed by atoms with van der Waals surface area (Å²) in [4.78, 5) is 2.47. The van der Waals surface area contributed by atoms with Crippen LogP contribution in [0.25, 0.3) is 0 Å². The van der Waals surface area contributed by atoms with E-state index in [1.165, 1.54) is 6.42 Å². The van der Waals surface area contributed by atoms with E-state index in [0.717, 1.165) is 48.4 Å². The number of hydrogen-bond donors (Lipinski definition) is 1. The predicted molar refractivity (Wildman–Crippen MR) is 84.5 cm³/mol. The minimum Gasteiger partial charge on any atom is -0.496 e. The third kappa shape index (κ3) is 4.11. The Morgan fingerprint density at radius 2 is 2.25 bits per heavy atom. The van der Waals surface area contributed by atoms with E-state index < -0.39 is 0 Å². The van der Waals surface area contributed by atoms with Gasteiger partial charge in [0.1, 0.15) is 5.75 Å². The molecule has 1 aliphatic rings. The van der Waals surface area contributed by atoms with Gasteiger partial charge in [0.25, 0.3) is 0 Å². The van der Waals surface area contributed by atoms with Gasteiger partial charge in [0.05, 0.1) is 7.11 Å². The number of halogens is 1. The van der Waals surface area contributed by atoms with Crippen LogP contribution in [0.3, 0.4) is 0 Å². The molecule has 0 spiro atoms. The van der Waals surface area contributed by atoms with Crippen LogP contribution in [0.5, 0.6) is 5.75 Å². The van der Waals surface area contributed by atoms with Crippen molar-refractivity contribution in [3.05, 3.63) is 28.8 Å². The van der Waals surface area contributed by atoms with Gasteiger partial charge in [-0.2, -0.15) is 0 Å². The van der Waals surface area contributed by atoms with E-state index in [9.17, 15) is 0 Å². The number of methoxy groups -OCH3 is 1. The minimum atomic E-state index is 0.563. The first-order chi connectivity index (χ1) is 9.60. The van der Waals surface area contributed by atoms with Crippen LogP contribution in [0.15, 0.2) is 18.2 Å². The molecule has 0 aliphatic carbocycles. The van der Waals surface area contributed by atoms with Gasteiger partial charge in [0.2, 0.25) is 0 Å². The summed E-state index contributed by atoms with van der Waals surface area (Å²) in [6.07, 6.45) is 1.26. The number of nitrogens with one attached hydrogen (secondary N) is 1. The number of hydrogen-bond acceptors (Lipinski definition) is 3. The van der Waals surface area contributed by atoms with Crippen molar-refractivity contribution in [1.29, 1.82) is 0 Å². The molecule has 1 aromatic rings. The fourth-order valence-corrected chi connectivity index (χ4v) is 2.96. The Bertz CT molecular complexity index is 436. The summed E-state index contributed by atoms with van der Waals surface area (Å²) >= 11 is 6.31. The summed E-state index contributed by atoms with van der Waals surface area (Å²) in [5.74, 6) is 1.63. The summed E-state index contributed by atoms with van der Waals surface area (Å²) in [5.41, 5.74) is 1.11. The van der Waals surface area contributed by atoms with Gasteiger partial charge in [0, 0.05) is 29.7 Å². The largest absolute Gasteiger partial charge is 0.496 e. The average Bonchev–Trinajstić information content (AvgIpc) is 2.86. The lowest BCUT2D eigenvalue weighted by molar-refractivity contribution is 0.305. The highest BCUT2D eigenvalue weighted by atomic mass is 35.5. The standard InChI is InChI=1S/C16H25ClN2O/c1-12(2)18-9-13-7-8-19(10-13)11-14-15(17)5-4-6-16(14)20-3/h4-6,12-13,18H,7-11H2,1-3H3. The van der Waals surface area contributed by atoms with Gasteiger partial charge in [-0.15, -0.1) is 0 Å². The highest BCUT2D eigenvalue weighted by molar-refractivity contribution is 6.31. The first-order valence-corrected chi connectivity index (χ1v) is 7.75. The molecule has 1 aliphatic heterocycles. The Labute approximate surface area is 127 Å². The Morgan fingerprint density at radius 1 is 1.45 bits per heavy atom. The second-order valence-electron chi connectivity index (χ2n) is 5.87. The number of benzene rings is 1. The molecule has 112 valence electrons. The third-order valence-corrected chi connectivity index (χ3v) is 4.22. The third-order valence-electron chi connectivity index (χ3n) is 3.86. The normalized spacial score (nSPS) is 19.8. The Balaban J connectivity index is 1.92. The van der Waals surface area contributed by atoms with Gasteiger partial charge >= 0.3 is 0 Å². The molecule has 1 atom stereocenters. The minimum absolute atomic E-state index is 0.563. The fourth-order valence-electron chi connectivity index (χ4n) is 2.73. The van der Waals surface area contributed by atoms with Crippen molar-refractivity contribution in [2.24, 2.45) is 5.92 Å². The van der Waals surface area contributed by atoms with Crippen LogP contribution in [0.2, 0.25) is 5.02 Å². The Kier molecular flexibility index (Phi) is 5.70. The van der Waals surface area contributed by atoms with Crippen LogP contribution in [0.4, 0.5) is 0 Å². The molecule has 0 bridgehead atoms. The van der Waals surface area contributed by atoms with E-state index in [0.29, 0.717) is 6.04 Å². The zero-order valence-corrected chi connectivity index (χ0v) is 13.4. The van der Waals surface area contributed by atoms with E-state index >= 15 is 0 Å². The van der Waals surface area contributed by atoms with E-state index in [1.807, 2.05) is 18.2 Å². The first kappa shape index (κ1) is 15.6. The molecule has 4 heteroatoms. The first-order valence-electron chi connectivity index (χ1n) is 7.37. The second kappa shape index (κ2) is 7.30. The number of rotatable bonds is 6. The van der Waals surface area contributed by atoms with E-state index in [2.05, 4.69) is 24.1 Å². The quantitative estimate of drug-likeness (QED) is 0.873. The molecule has 3 nitrogen and oxygen atoms in total. The predicted octanol–water partition coefficient (Wildman–Crippen LogP) is 3.17. The lowest BCUT2D eigenvalue weighted by Gasteiger charge is -2.19. The maximum atomic E-state index is 6.31. The van der Waals surface area contributed by atoms with Crippen molar-refractivity contribution in [1.82, 2.24) is 10.2 Å². The monoisotopic (exact) mass is 296 g/mol. The molecule has 0 aromatic heterocycles. The Hall–Kier alpha value is -0.770. The zero-order chi connectivity index (χ0) is 14.5. The molecule has 0 radical (unpaired) electrons. The zero-order valence-electron chi connectivity index (χ0n) is 12.7. The van der Waals surface area contributed by atoms with Gasteiger partial charge in [0.15, 0.2) is 0 Å². The summed E-state index contributed by atoms with van der Waals surface area (Å²) < 4.78 is 5.42. The van der Waals surface area contributed by atoms with Gasteiger partial charge < -0.3 is 10.1 Å². The molecule has 2 rings (SSSR count). The van der Waals surface area contributed by atoms with Crippen LogP contribution in [-0.2, 0) is 6.54 Å². The summed E-state index contributed by atoms with van der Waals surface area (Å²) in [6.45, 7) is 8.64. The number of ether oxygens (including phenoxy) is 1. The lowest BCUT2D eigenvalue weighted by atomic mass is 10.1. The van der Waals surface area contributed by atoms with Crippen LogP contribution < -0.4 is 10.1 Å². The topological polar surface area (TPSA) is 24.5 Å². The molecule has 1 aromatic carbocycles. The second-order valence-corrected chi connectivity index (χ2v) is 6.28. The van der Waals surface area contributed by atoms with Crippen molar-refractivity contribution in [2.45, 2.75) is 32.9 Å². The van der Waals surface area contributed by atoms with E-state index in [1.54, 1.807) is 7.11 Å². The van der Waals surface area contributed by atoms with Crippen LogP contribution >= 0.6 is 11.6 Å². The molecule has 1 saturated heterocycles. The summed E-state index contributed by atoms with van der Waals surface area (Å²) in [7, 11) is 1.70. The molecular formula is C16H25ClN2O.